The zero-order chi connectivity index (χ0) is 13.2. The number of benzene rings is 2. The lowest BCUT2D eigenvalue weighted by Crippen LogP contribution is -2.09. The van der Waals surface area contributed by atoms with Crippen LogP contribution in [0.4, 0.5) is 0 Å². The highest BCUT2D eigenvalue weighted by Gasteiger charge is 2.17. The minimum absolute atomic E-state index is 0.693. The molecule has 96 valence electrons. The second-order valence-corrected chi connectivity index (χ2v) is 4.54. The molecule has 0 aliphatic rings. The Morgan fingerprint density at radius 2 is 1.95 bits per heavy atom. The van der Waals surface area contributed by atoms with Crippen LogP contribution in [0, 0.1) is 0 Å². The van der Waals surface area contributed by atoms with Gasteiger partial charge in [-0.15, -0.1) is 0 Å². The van der Waals surface area contributed by atoms with Gasteiger partial charge in [-0.05, 0) is 23.3 Å². The second kappa shape index (κ2) is 4.86. The third kappa shape index (κ3) is 2.02. The van der Waals surface area contributed by atoms with Gasteiger partial charge in [-0.2, -0.15) is 0 Å². The molecule has 0 fully saturated rings. The van der Waals surface area contributed by atoms with Crippen LogP contribution in [0.3, 0.4) is 0 Å². The fraction of sp³-hybridized carbons (Fsp3) is 0.188. The Kier molecular flexibility index (Phi) is 3.05. The predicted molar refractivity (Wildman–Crippen MR) is 75.9 cm³/mol. The largest absolute Gasteiger partial charge is 0.380 e. The standard InChI is InChI=1S/C16H16N2O/c1-2-18-11-10-17-16(18)15(19)14-9-5-7-12-6-3-4-8-13(12)14/h3-11,15,19H,2H2,1H3/t15-/m0/s1. The predicted octanol–water partition coefficient (Wildman–Crippen LogP) is 3.14. The molecular weight excluding hydrogens is 236 g/mol. The molecule has 0 saturated carbocycles. The summed E-state index contributed by atoms with van der Waals surface area (Å²) in [5, 5.41) is 12.8. The van der Waals surface area contributed by atoms with Crippen molar-refractivity contribution in [1.29, 1.82) is 0 Å². The van der Waals surface area contributed by atoms with Crippen LogP contribution in [0.1, 0.15) is 24.4 Å². The van der Waals surface area contributed by atoms with Gasteiger partial charge in [-0.1, -0.05) is 42.5 Å². The monoisotopic (exact) mass is 252 g/mol. The Hall–Kier alpha value is -2.13. The van der Waals surface area contributed by atoms with E-state index in [1.54, 1.807) is 6.20 Å². The highest BCUT2D eigenvalue weighted by molar-refractivity contribution is 5.86. The highest BCUT2D eigenvalue weighted by Crippen LogP contribution is 2.27. The van der Waals surface area contributed by atoms with E-state index in [0.29, 0.717) is 5.82 Å². The topological polar surface area (TPSA) is 38.0 Å². The summed E-state index contributed by atoms with van der Waals surface area (Å²) in [6.07, 6.45) is 2.93. The molecule has 1 aromatic heterocycles. The molecule has 3 heteroatoms. The molecule has 0 radical (unpaired) electrons. The Labute approximate surface area is 112 Å². The van der Waals surface area contributed by atoms with Crippen LogP contribution >= 0.6 is 0 Å². The Morgan fingerprint density at radius 3 is 2.79 bits per heavy atom. The molecule has 0 spiro atoms. The molecular formula is C16H16N2O. The molecule has 3 nitrogen and oxygen atoms in total. The van der Waals surface area contributed by atoms with E-state index < -0.39 is 6.10 Å². The zero-order valence-corrected chi connectivity index (χ0v) is 10.8. The van der Waals surface area contributed by atoms with Crippen molar-refractivity contribution in [3.8, 4) is 0 Å². The molecule has 2 aromatic carbocycles. The molecule has 3 aromatic rings. The van der Waals surface area contributed by atoms with E-state index in [4.69, 9.17) is 0 Å². The SMILES string of the molecule is CCn1ccnc1[C@@H](O)c1cccc2ccccc12. The number of nitrogens with zero attached hydrogens (tertiary/aromatic N) is 2. The maximum atomic E-state index is 10.6. The van der Waals surface area contributed by atoms with Crippen LogP contribution in [0.25, 0.3) is 10.8 Å². The zero-order valence-electron chi connectivity index (χ0n) is 10.8. The minimum Gasteiger partial charge on any atom is -0.380 e. The van der Waals surface area contributed by atoms with Crippen molar-refractivity contribution in [3.63, 3.8) is 0 Å². The molecule has 0 amide bonds. The van der Waals surface area contributed by atoms with Crippen molar-refractivity contribution in [1.82, 2.24) is 9.55 Å². The second-order valence-electron chi connectivity index (χ2n) is 4.54. The van der Waals surface area contributed by atoms with Crippen molar-refractivity contribution < 1.29 is 5.11 Å². The Bertz CT molecular complexity index is 697. The number of aromatic nitrogens is 2. The quantitative estimate of drug-likeness (QED) is 0.777. The Balaban J connectivity index is 2.14. The number of aliphatic hydroxyl groups excluding tert-OH is 1. The van der Waals surface area contributed by atoms with Crippen LogP contribution in [0.15, 0.2) is 54.9 Å². The minimum atomic E-state index is -0.693. The molecule has 1 heterocycles. The Morgan fingerprint density at radius 1 is 1.16 bits per heavy atom. The summed E-state index contributed by atoms with van der Waals surface area (Å²) in [6.45, 7) is 2.85. The number of aryl methyl sites for hydroxylation is 1. The van der Waals surface area contributed by atoms with Gasteiger partial charge in [0, 0.05) is 18.9 Å². The number of rotatable bonds is 3. The smallest absolute Gasteiger partial charge is 0.142 e. The van der Waals surface area contributed by atoms with Crippen molar-refractivity contribution >= 4 is 10.8 Å². The molecule has 3 rings (SSSR count). The highest BCUT2D eigenvalue weighted by atomic mass is 16.3. The lowest BCUT2D eigenvalue weighted by atomic mass is 10.00. The summed E-state index contributed by atoms with van der Waals surface area (Å²) in [7, 11) is 0. The molecule has 0 saturated heterocycles. The van der Waals surface area contributed by atoms with Gasteiger partial charge in [-0.3, -0.25) is 0 Å². The van der Waals surface area contributed by atoms with Gasteiger partial charge in [-0.25, -0.2) is 4.98 Å². The molecule has 0 aliphatic heterocycles. The average Bonchev–Trinajstić information content (AvgIpc) is 2.94. The maximum Gasteiger partial charge on any atom is 0.142 e. The van der Waals surface area contributed by atoms with Gasteiger partial charge in [0.25, 0.3) is 0 Å². The summed E-state index contributed by atoms with van der Waals surface area (Å²) < 4.78 is 1.96. The van der Waals surface area contributed by atoms with Crippen LogP contribution < -0.4 is 0 Å². The number of imidazole rings is 1. The van der Waals surface area contributed by atoms with Crippen molar-refractivity contribution in [2.75, 3.05) is 0 Å². The fourth-order valence-electron chi connectivity index (χ4n) is 2.46. The number of hydrogen-bond acceptors (Lipinski definition) is 2. The summed E-state index contributed by atoms with van der Waals surface area (Å²) in [5.74, 6) is 0.693. The summed E-state index contributed by atoms with van der Waals surface area (Å²) >= 11 is 0. The molecule has 1 N–H and O–H groups in total. The average molecular weight is 252 g/mol. The lowest BCUT2D eigenvalue weighted by Gasteiger charge is -2.14. The van der Waals surface area contributed by atoms with E-state index in [1.165, 1.54) is 0 Å². The van der Waals surface area contributed by atoms with Crippen molar-refractivity contribution in [2.24, 2.45) is 0 Å². The molecule has 0 aliphatic carbocycles. The lowest BCUT2D eigenvalue weighted by molar-refractivity contribution is 0.206. The van der Waals surface area contributed by atoms with E-state index >= 15 is 0 Å². The van der Waals surface area contributed by atoms with Crippen LogP contribution in [0.2, 0.25) is 0 Å². The molecule has 0 bridgehead atoms. The first-order valence-electron chi connectivity index (χ1n) is 6.48. The van der Waals surface area contributed by atoms with Gasteiger partial charge >= 0.3 is 0 Å². The van der Waals surface area contributed by atoms with Crippen LogP contribution in [-0.2, 0) is 6.54 Å². The van der Waals surface area contributed by atoms with Gasteiger partial charge in [0.1, 0.15) is 11.9 Å². The summed E-state index contributed by atoms with van der Waals surface area (Å²) in [5.41, 5.74) is 0.902. The van der Waals surface area contributed by atoms with E-state index in [0.717, 1.165) is 22.9 Å². The van der Waals surface area contributed by atoms with Crippen molar-refractivity contribution in [2.45, 2.75) is 19.6 Å². The summed E-state index contributed by atoms with van der Waals surface area (Å²) in [6, 6.07) is 14.1. The van der Waals surface area contributed by atoms with E-state index in [2.05, 4.69) is 17.1 Å². The number of aliphatic hydroxyl groups is 1. The van der Waals surface area contributed by atoms with Crippen LogP contribution in [0.5, 0.6) is 0 Å². The third-order valence-corrected chi connectivity index (χ3v) is 3.45. The first kappa shape index (κ1) is 11.9. The van der Waals surface area contributed by atoms with E-state index in [-0.39, 0.29) is 0 Å². The van der Waals surface area contributed by atoms with Gasteiger partial charge in [0.2, 0.25) is 0 Å². The molecule has 19 heavy (non-hydrogen) atoms. The third-order valence-electron chi connectivity index (χ3n) is 3.45. The van der Waals surface area contributed by atoms with Gasteiger partial charge in [0.05, 0.1) is 0 Å². The van der Waals surface area contributed by atoms with Crippen LogP contribution in [-0.4, -0.2) is 14.7 Å². The van der Waals surface area contributed by atoms with Crippen molar-refractivity contribution in [3.05, 3.63) is 66.2 Å². The first-order chi connectivity index (χ1) is 9.31. The number of hydrogen-bond donors (Lipinski definition) is 1. The van der Waals surface area contributed by atoms with E-state index in [9.17, 15) is 5.11 Å². The normalized spacial score (nSPS) is 12.7. The maximum absolute atomic E-state index is 10.6. The number of fused-ring (bicyclic) bond motifs is 1. The molecule has 0 unspecified atom stereocenters. The first-order valence-corrected chi connectivity index (χ1v) is 6.48. The fourth-order valence-corrected chi connectivity index (χ4v) is 2.46. The van der Waals surface area contributed by atoms with Gasteiger partial charge in [0.15, 0.2) is 0 Å². The molecule has 1 atom stereocenters. The van der Waals surface area contributed by atoms with E-state index in [1.807, 2.05) is 48.0 Å². The van der Waals surface area contributed by atoms with Gasteiger partial charge < -0.3 is 9.67 Å². The summed E-state index contributed by atoms with van der Waals surface area (Å²) in [4.78, 5) is 4.28.